The highest BCUT2D eigenvalue weighted by molar-refractivity contribution is 7.91. The van der Waals surface area contributed by atoms with Gasteiger partial charge in [0.25, 0.3) is 0 Å². The van der Waals surface area contributed by atoms with E-state index in [-0.39, 0.29) is 0 Å². The molecule has 0 saturated carbocycles. The topological polar surface area (TPSA) is 64.1 Å². The van der Waals surface area contributed by atoms with Crippen LogP contribution in [-0.2, 0) is 9.84 Å². The van der Waals surface area contributed by atoms with Gasteiger partial charge in [0.1, 0.15) is 5.75 Å². The maximum absolute atomic E-state index is 11.5. The number of ketones is 1. The van der Waals surface area contributed by atoms with E-state index >= 15 is 0 Å². The first-order chi connectivity index (χ1) is 6.40. The number of pyridine rings is 1. The molecule has 0 bridgehead atoms. The molecule has 1 rings (SSSR count). The minimum Gasteiger partial charge on any atom is -0.293 e. The summed E-state index contributed by atoms with van der Waals surface area (Å²) in [4.78, 5) is 15.2. The summed E-state index contributed by atoms with van der Waals surface area (Å²) in [7, 11) is -3.27. The SMILES string of the molecule is Cc1ccncc1C(=O)CS(C)(=O)=O. The standard InChI is InChI=1S/C9H11NO3S/c1-7-3-4-10-5-8(7)9(11)6-14(2,12)13/h3-5H,6H2,1-2H3. The van der Waals surface area contributed by atoms with Gasteiger partial charge in [-0.15, -0.1) is 0 Å². The maximum atomic E-state index is 11.5. The lowest BCUT2D eigenvalue weighted by Crippen LogP contribution is -2.15. The number of nitrogens with zero attached hydrogens (tertiary/aromatic N) is 1. The molecule has 0 saturated heterocycles. The van der Waals surface area contributed by atoms with Crippen molar-refractivity contribution in [3.8, 4) is 0 Å². The Labute approximate surface area is 82.9 Å². The van der Waals surface area contributed by atoms with Crippen LogP contribution in [0.3, 0.4) is 0 Å². The first-order valence-electron chi connectivity index (χ1n) is 4.02. The predicted molar refractivity (Wildman–Crippen MR) is 53.0 cm³/mol. The summed E-state index contributed by atoms with van der Waals surface area (Å²) in [6.07, 6.45) is 3.99. The van der Waals surface area contributed by atoms with Crippen molar-refractivity contribution >= 4 is 15.6 Å². The molecule has 0 spiro atoms. The van der Waals surface area contributed by atoms with Crippen LogP contribution in [0.4, 0.5) is 0 Å². The summed E-state index contributed by atoms with van der Waals surface area (Å²) in [5, 5.41) is 0. The van der Waals surface area contributed by atoms with Crippen LogP contribution in [0.15, 0.2) is 18.5 Å². The van der Waals surface area contributed by atoms with Crippen LogP contribution in [0.25, 0.3) is 0 Å². The number of sulfone groups is 1. The van der Waals surface area contributed by atoms with Crippen LogP contribution in [-0.4, -0.2) is 31.2 Å². The van der Waals surface area contributed by atoms with E-state index in [4.69, 9.17) is 0 Å². The fourth-order valence-electron chi connectivity index (χ4n) is 1.07. The fourth-order valence-corrected chi connectivity index (χ4v) is 1.70. The van der Waals surface area contributed by atoms with Gasteiger partial charge < -0.3 is 0 Å². The summed E-state index contributed by atoms with van der Waals surface area (Å²) >= 11 is 0. The Morgan fingerprint density at radius 3 is 2.64 bits per heavy atom. The van der Waals surface area contributed by atoms with Gasteiger partial charge in [-0.25, -0.2) is 8.42 Å². The summed E-state index contributed by atoms with van der Waals surface area (Å²) in [5.74, 6) is -0.863. The molecular weight excluding hydrogens is 202 g/mol. The highest BCUT2D eigenvalue weighted by Gasteiger charge is 2.14. The quantitative estimate of drug-likeness (QED) is 0.690. The number of aryl methyl sites for hydroxylation is 1. The second-order valence-electron chi connectivity index (χ2n) is 3.18. The molecule has 14 heavy (non-hydrogen) atoms. The highest BCUT2D eigenvalue weighted by Crippen LogP contribution is 2.06. The molecule has 1 heterocycles. The number of Topliss-reactive ketones (excluding diaryl/α,β-unsaturated/α-hetero) is 1. The van der Waals surface area contributed by atoms with E-state index in [1.165, 1.54) is 6.20 Å². The fraction of sp³-hybridized carbons (Fsp3) is 0.333. The first kappa shape index (κ1) is 10.8. The lowest BCUT2D eigenvalue weighted by Gasteiger charge is -2.01. The zero-order valence-electron chi connectivity index (χ0n) is 8.02. The lowest BCUT2D eigenvalue weighted by molar-refractivity contribution is 0.102. The molecule has 1 aromatic rings. The molecule has 1 aromatic heterocycles. The zero-order chi connectivity index (χ0) is 10.8. The van der Waals surface area contributed by atoms with E-state index in [9.17, 15) is 13.2 Å². The maximum Gasteiger partial charge on any atom is 0.179 e. The molecule has 0 aromatic carbocycles. The summed E-state index contributed by atoms with van der Waals surface area (Å²) in [6.45, 7) is 1.75. The molecule has 4 nitrogen and oxygen atoms in total. The van der Waals surface area contributed by atoms with Gasteiger partial charge in [-0.1, -0.05) is 0 Å². The van der Waals surface area contributed by atoms with Gasteiger partial charge in [-0.3, -0.25) is 9.78 Å². The molecule has 0 fully saturated rings. The lowest BCUT2D eigenvalue weighted by atomic mass is 10.1. The molecule has 0 atom stereocenters. The summed E-state index contributed by atoms with van der Waals surface area (Å²) in [5.41, 5.74) is 1.12. The molecule has 0 unspecified atom stereocenters. The van der Waals surface area contributed by atoms with E-state index in [2.05, 4.69) is 4.98 Å². The minimum atomic E-state index is -3.27. The van der Waals surface area contributed by atoms with E-state index in [0.29, 0.717) is 5.56 Å². The van der Waals surface area contributed by atoms with Crippen molar-refractivity contribution in [2.75, 3.05) is 12.0 Å². The van der Waals surface area contributed by atoms with Crippen molar-refractivity contribution in [1.82, 2.24) is 4.98 Å². The van der Waals surface area contributed by atoms with Crippen molar-refractivity contribution < 1.29 is 13.2 Å². The smallest absolute Gasteiger partial charge is 0.179 e. The van der Waals surface area contributed by atoms with Crippen LogP contribution in [0, 0.1) is 6.92 Å². The first-order valence-corrected chi connectivity index (χ1v) is 6.08. The number of aromatic nitrogens is 1. The molecule has 76 valence electrons. The average Bonchev–Trinajstić information content (AvgIpc) is 2.01. The van der Waals surface area contributed by atoms with E-state index in [0.717, 1.165) is 11.8 Å². The summed E-state index contributed by atoms with van der Waals surface area (Å²) in [6, 6.07) is 1.68. The van der Waals surface area contributed by atoms with Crippen LogP contribution >= 0.6 is 0 Å². The second kappa shape index (κ2) is 3.88. The Hall–Kier alpha value is -1.23. The molecule has 0 amide bonds. The Bertz CT molecular complexity index is 451. The van der Waals surface area contributed by atoms with Crippen molar-refractivity contribution in [1.29, 1.82) is 0 Å². The largest absolute Gasteiger partial charge is 0.293 e. The Kier molecular flexibility index (Phi) is 3.00. The molecule has 0 N–H and O–H groups in total. The van der Waals surface area contributed by atoms with E-state index in [1.54, 1.807) is 19.2 Å². The normalized spacial score (nSPS) is 11.3. The van der Waals surface area contributed by atoms with Gasteiger partial charge in [0.15, 0.2) is 15.6 Å². The number of hydrogen-bond acceptors (Lipinski definition) is 4. The van der Waals surface area contributed by atoms with E-state index < -0.39 is 21.4 Å². The second-order valence-corrected chi connectivity index (χ2v) is 5.32. The highest BCUT2D eigenvalue weighted by atomic mass is 32.2. The molecule has 0 radical (unpaired) electrons. The van der Waals surface area contributed by atoms with Crippen LogP contribution < -0.4 is 0 Å². The Morgan fingerprint density at radius 2 is 2.14 bits per heavy atom. The average molecular weight is 213 g/mol. The monoisotopic (exact) mass is 213 g/mol. The van der Waals surface area contributed by atoms with Crippen molar-refractivity contribution in [2.24, 2.45) is 0 Å². The Morgan fingerprint density at radius 1 is 1.50 bits per heavy atom. The molecule has 5 heteroatoms. The van der Waals surface area contributed by atoms with Crippen molar-refractivity contribution in [3.05, 3.63) is 29.6 Å². The Balaban J connectivity index is 2.97. The number of hydrogen-bond donors (Lipinski definition) is 0. The van der Waals surface area contributed by atoms with Gasteiger partial charge in [0.2, 0.25) is 0 Å². The third-order valence-corrected chi connectivity index (χ3v) is 2.52. The van der Waals surface area contributed by atoms with Crippen molar-refractivity contribution in [2.45, 2.75) is 6.92 Å². The van der Waals surface area contributed by atoms with E-state index in [1.807, 2.05) is 0 Å². The summed E-state index contributed by atoms with van der Waals surface area (Å²) < 4.78 is 21.8. The third kappa shape index (κ3) is 2.92. The van der Waals surface area contributed by atoms with Crippen LogP contribution in [0.5, 0.6) is 0 Å². The van der Waals surface area contributed by atoms with Gasteiger partial charge in [-0.2, -0.15) is 0 Å². The van der Waals surface area contributed by atoms with Crippen LogP contribution in [0.1, 0.15) is 15.9 Å². The van der Waals surface area contributed by atoms with Gasteiger partial charge in [0.05, 0.1) is 0 Å². The van der Waals surface area contributed by atoms with Crippen LogP contribution in [0.2, 0.25) is 0 Å². The number of rotatable bonds is 3. The molecular formula is C9H11NO3S. The zero-order valence-corrected chi connectivity index (χ0v) is 8.84. The van der Waals surface area contributed by atoms with Gasteiger partial charge in [-0.05, 0) is 18.6 Å². The number of carbonyl (C=O) groups excluding carboxylic acids is 1. The molecule has 0 aliphatic carbocycles. The van der Waals surface area contributed by atoms with Gasteiger partial charge in [0, 0.05) is 24.2 Å². The predicted octanol–water partition coefficient (Wildman–Crippen LogP) is 0.617. The molecule has 0 aliphatic heterocycles. The third-order valence-electron chi connectivity index (χ3n) is 1.73. The number of carbonyl (C=O) groups is 1. The molecule has 0 aliphatic rings. The minimum absolute atomic E-state index is 0.373. The van der Waals surface area contributed by atoms with Gasteiger partial charge >= 0.3 is 0 Å². The van der Waals surface area contributed by atoms with Crippen molar-refractivity contribution in [3.63, 3.8) is 0 Å².